The summed E-state index contributed by atoms with van der Waals surface area (Å²) in [4.78, 5) is 23.2. The summed E-state index contributed by atoms with van der Waals surface area (Å²) in [7, 11) is 2.99. The first-order chi connectivity index (χ1) is 18.0. The lowest BCUT2D eigenvalue weighted by molar-refractivity contribution is 0.0322. The summed E-state index contributed by atoms with van der Waals surface area (Å²) in [5.41, 5.74) is 1.14. The first-order valence-electron chi connectivity index (χ1n) is 11.7. The van der Waals surface area contributed by atoms with Crippen LogP contribution in [-0.4, -0.2) is 74.6 Å². The molecule has 0 spiro atoms. The molecule has 0 atom stereocenters. The zero-order valence-electron chi connectivity index (χ0n) is 20.6. The number of rotatable bonds is 10. The number of amides is 2. The number of hydrogen-bond donors (Lipinski definition) is 3. The van der Waals surface area contributed by atoms with Crippen molar-refractivity contribution in [3.05, 3.63) is 53.8 Å². The average molecular weight is 529 g/mol. The second-order valence-corrected chi connectivity index (χ2v) is 8.39. The Balaban J connectivity index is 1.30. The van der Waals surface area contributed by atoms with Crippen LogP contribution in [0.5, 0.6) is 17.2 Å². The van der Waals surface area contributed by atoms with Crippen LogP contribution in [0.4, 0.5) is 27.8 Å². The molecule has 0 bridgehead atoms. The Kier molecular flexibility index (Phi) is 9.19. The van der Waals surface area contributed by atoms with Gasteiger partial charge in [-0.25, -0.2) is 14.8 Å². The smallest absolute Gasteiger partial charge is 0.324 e. The third kappa shape index (κ3) is 7.59. The molecule has 0 unspecified atom stereocenters. The van der Waals surface area contributed by atoms with Crippen molar-refractivity contribution in [3.63, 3.8) is 0 Å². The predicted octanol–water partition coefficient (Wildman–Crippen LogP) is 4.25. The fourth-order valence-electron chi connectivity index (χ4n) is 3.59. The highest BCUT2D eigenvalue weighted by molar-refractivity contribution is 6.35. The Hall–Kier alpha value is -3.80. The van der Waals surface area contributed by atoms with E-state index in [1.165, 1.54) is 20.5 Å². The zero-order chi connectivity index (χ0) is 26.0. The molecule has 1 fully saturated rings. The van der Waals surface area contributed by atoms with E-state index in [9.17, 15) is 4.79 Å². The lowest BCUT2D eigenvalue weighted by Gasteiger charge is -2.26. The maximum absolute atomic E-state index is 12.6. The van der Waals surface area contributed by atoms with Gasteiger partial charge in [-0.15, -0.1) is 0 Å². The van der Waals surface area contributed by atoms with Crippen molar-refractivity contribution in [1.82, 2.24) is 14.9 Å². The van der Waals surface area contributed by atoms with Gasteiger partial charge in [-0.1, -0.05) is 11.6 Å². The molecule has 1 aromatic heterocycles. The number of nitrogens with one attached hydrogen (secondary N) is 3. The van der Waals surface area contributed by atoms with Crippen LogP contribution in [0.2, 0.25) is 5.02 Å². The van der Waals surface area contributed by atoms with Gasteiger partial charge in [0.25, 0.3) is 0 Å². The van der Waals surface area contributed by atoms with E-state index in [0.717, 1.165) is 44.3 Å². The van der Waals surface area contributed by atoms with Crippen molar-refractivity contribution in [2.45, 2.75) is 0 Å². The lowest BCUT2D eigenvalue weighted by atomic mass is 10.2. The molecule has 0 saturated carbocycles. The van der Waals surface area contributed by atoms with Gasteiger partial charge in [0.15, 0.2) is 0 Å². The molecule has 1 aliphatic rings. The minimum Gasteiger partial charge on any atom is -0.497 e. The Morgan fingerprint density at radius 2 is 1.76 bits per heavy atom. The van der Waals surface area contributed by atoms with E-state index in [1.807, 2.05) is 24.3 Å². The van der Waals surface area contributed by atoms with Crippen LogP contribution in [0.15, 0.2) is 48.8 Å². The largest absolute Gasteiger partial charge is 0.497 e. The van der Waals surface area contributed by atoms with E-state index >= 15 is 0 Å². The highest BCUT2D eigenvalue weighted by Gasteiger charge is 2.14. The molecular weight excluding hydrogens is 500 g/mol. The van der Waals surface area contributed by atoms with E-state index in [2.05, 4.69) is 30.8 Å². The first-order valence-corrected chi connectivity index (χ1v) is 12.0. The monoisotopic (exact) mass is 528 g/mol. The molecule has 4 rings (SSSR count). The second-order valence-electron chi connectivity index (χ2n) is 8.01. The number of aromatic nitrogens is 2. The Morgan fingerprint density at radius 3 is 2.49 bits per heavy atom. The summed E-state index contributed by atoms with van der Waals surface area (Å²) < 4.78 is 21.7. The number of carbonyl (C=O) groups is 1. The average Bonchev–Trinajstić information content (AvgIpc) is 2.91. The van der Waals surface area contributed by atoms with Crippen LogP contribution in [0.3, 0.4) is 0 Å². The molecule has 12 heteroatoms. The van der Waals surface area contributed by atoms with Crippen LogP contribution >= 0.6 is 11.6 Å². The number of ether oxygens (including phenoxy) is 4. The Labute approximate surface area is 220 Å². The first kappa shape index (κ1) is 26.3. The molecular formula is C25H29ClN6O5. The standard InChI is InChI=1S/C25H29ClN6O5/c1-34-19-13-20(24(26)21(14-19)35-2)30-25(33)31-23-15-22(27-16-28-23)29-17-3-5-18(6-4-17)37-12-9-32-7-10-36-11-8-32/h3-6,13-16H,7-12H2,1-2H3,(H3,27,28,29,30,31,33). The lowest BCUT2D eigenvalue weighted by Crippen LogP contribution is -2.38. The quantitative estimate of drug-likeness (QED) is 0.355. The summed E-state index contributed by atoms with van der Waals surface area (Å²) in [6, 6.07) is 11.9. The summed E-state index contributed by atoms with van der Waals surface area (Å²) in [5.74, 6) is 2.45. The van der Waals surface area contributed by atoms with E-state index in [1.54, 1.807) is 18.2 Å². The minimum atomic E-state index is -0.541. The number of urea groups is 1. The molecule has 1 aliphatic heterocycles. The molecule has 11 nitrogen and oxygen atoms in total. The van der Waals surface area contributed by atoms with E-state index < -0.39 is 6.03 Å². The number of hydrogen-bond acceptors (Lipinski definition) is 9. The van der Waals surface area contributed by atoms with E-state index in [-0.39, 0.29) is 5.02 Å². The van der Waals surface area contributed by atoms with Crippen molar-refractivity contribution in [3.8, 4) is 17.2 Å². The SMILES string of the molecule is COc1cc(NC(=O)Nc2cc(Nc3ccc(OCCN4CCOCC4)cc3)ncn2)c(Cl)c(OC)c1. The molecule has 1 saturated heterocycles. The topological polar surface area (TPSA) is 119 Å². The van der Waals surface area contributed by atoms with Gasteiger partial charge in [-0.3, -0.25) is 10.2 Å². The number of anilines is 4. The van der Waals surface area contributed by atoms with Crippen LogP contribution in [0, 0.1) is 0 Å². The van der Waals surface area contributed by atoms with Crippen molar-refractivity contribution < 1.29 is 23.7 Å². The summed E-state index contributed by atoms with van der Waals surface area (Å²) in [5, 5.41) is 8.77. The van der Waals surface area contributed by atoms with Gasteiger partial charge in [0.05, 0.1) is 33.1 Å². The van der Waals surface area contributed by atoms with Crippen molar-refractivity contribution in [2.75, 3.05) is 69.6 Å². The Bertz CT molecular complexity index is 1190. The van der Waals surface area contributed by atoms with Crippen LogP contribution in [0.25, 0.3) is 0 Å². The molecule has 3 N–H and O–H groups in total. The fraction of sp³-hybridized carbons (Fsp3) is 0.320. The molecule has 3 aromatic rings. The Morgan fingerprint density at radius 1 is 1.00 bits per heavy atom. The number of halogens is 1. The number of carbonyl (C=O) groups excluding carboxylic acids is 1. The normalized spacial score (nSPS) is 13.5. The third-order valence-electron chi connectivity index (χ3n) is 5.53. The second kappa shape index (κ2) is 12.9. The molecule has 2 aromatic carbocycles. The van der Waals surface area contributed by atoms with E-state index in [4.69, 9.17) is 30.5 Å². The molecule has 2 amide bonds. The van der Waals surface area contributed by atoms with E-state index in [0.29, 0.717) is 35.4 Å². The maximum Gasteiger partial charge on any atom is 0.324 e. The summed E-state index contributed by atoms with van der Waals surface area (Å²) in [6.07, 6.45) is 1.35. The fourth-order valence-corrected chi connectivity index (χ4v) is 3.83. The predicted molar refractivity (Wildman–Crippen MR) is 142 cm³/mol. The van der Waals surface area contributed by atoms with Crippen LogP contribution in [-0.2, 0) is 4.74 Å². The van der Waals surface area contributed by atoms with Gasteiger partial charge in [0.2, 0.25) is 0 Å². The zero-order valence-corrected chi connectivity index (χ0v) is 21.4. The van der Waals surface area contributed by atoms with Gasteiger partial charge in [-0.05, 0) is 24.3 Å². The molecule has 0 aliphatic carbocycles. The van der Waals surface area contributed by atoms with Gasteiger partial charge in [-0.2, -0.15) is 0 Å². The number of nitrogens with zero attached hydrogens (tertiary/aromatic N) is 3. The van der Waals surface area contributed by atoms with Gasteiger partial charge < -0.3 is 29.6 Å². The number of methoxy groups -OCH3 is 2. The highest BCUT2D eigenvalue weighted by Crippen LogP contribution is 2.36. The molecule has 196 valence electrons. The van der Waals surface area contributed by atoms with Gasteiger partial charge >= 0.3 is 6.03 Å². The number of morpholine rings is 1. The van der Waals surface area contributed by atoms with Gasteiger partial charge in [0, 0.05) is 43.5 Å². The molecule has 2 heterocycles. The van der Waals surface area contributed by atoms with Crippen molar-refractivity contribution >= 4 is 40.6 Å². The number of benzene rings is 2. The van der Waals surface area contributed by atoms with Crippen LogP contribution in [0.1, 0.15) is 0 Å². The molecule has 37 heavy (non-hydrogen) atoms. The minimum absolute atomic E-state index is 0.247. The van der Waals surface area contributed by atoms with Gasteiger partial charge in [0.1, 0.15) is 46.8 Å². The third-order valence-corrected chi connectivity index (χ3v) is 5.92. The molecule has 0 radical (unpaired) electrons. The van der Waals surface area contributed by atoms with Crippen molar-refractivity contribution in [2.24, 2.45) is 0 Å². The highest BCUT2D eigenvalue weighted by atomic mass is 35.5. The van der Waals surface area contributed by atoms with Crippen molar-refractivity contribution in [1.29, 1.82) is 0 Å². The maximum atomic E-state index is 12.6. The van der Waals surface area contributed by atoms with Crippen LogP contribution < -0.4 is 30.2 Å². The summed E-state index contributed by atoms with van der Waals surface area (Å²) >= 11 is 6.30. The summed E-state index contributed by atoms with van der Waals surface area (Å²) in [6.45, 7) is 4.91.